The molecule has 0 spiro atoms. The van der Waals surface area contributed by atoms with Crippen LogP contribution in [0.2, 0.25) is 0 Å². The lowest BCUT2D eigenvalue weighted by atomic mass is 9.97. The van der Waals surface area contributed by atoms with Crippen LogP contribution in [0.5, 0.6) is 0 Å². The Kier molecular flexibility index (Phi) is 5.25. The lowest BCUT2D eigenvalue weighted by molar-refractivity contribution is 0.0717. The first kappa shape index (κ1) is 21.3. The van der Waals surface area contributed by atoms with Gasteiger partial charge < -0.3 is 5.73 Å². The lowest BCUT2D eigenvalue weighted by Crippen LogP contribution is -2.27. The Morgan fingerprint density at radius 3 is 2.30 bits per heavy atom. The van der Waals surface area contributed by atoms with Gasteiger partial charge >= 0.3 is 0 Å². The van der Waals surface area contributed by atoms with E-state index in [1.165, 1.54) is 22.5 Å². The summed E-state index contributed by atoms with van der Waals surface area (Å²) in [6.07, 6.45) is 0.652. The standard InChI is InChI=1S/C27H26N4OS/c1-15-5-9-19(10-6-15)21-14-22(20-11-7-16(2)8-12-20)31(30-21)27(32)25-24(28)23-17(3)13-18(4)29-26(23)33-25/h5-13,22H,14,28H2,1-4H3/t22-/m0/s1. The average molecular weight is 455 g/mol. The van der Waals surface area contributed by atoms with Gasteiger partial charge in [-0.1, -0.05) is 59.7 Å². The molecule has 6 heteroatoms. The third-order valence-electron chi connectivity index (χ3n) is 6.18. The maximum Gasteiger partial charge on any atom is 0.286 e. The molecule has 0 saturated heterocycles. The molecular weight excluding hydrogens is 428 g/mol. The van der Waals surface area contributed by atoms with Gasteiger partial charge in [0.1, 0.15) is 9.71 Å². The van der Waals surface area contributed by atoms with Gasteiger partial charge in [-0.2, -0.15) is 5.10 Å². The largest absolute Gasteiger partial charge is 0.397 e. The predicted octanol–water partition coefficient (Wildman–Crippen LogP) is 6.10. The first-order chi connectivity index (χ1) is 15.8. The Labute approximate surface area is 197 Å². The number of pyridine rings is 1. The first-order valence-corrected chi connectivity index (χ1v) is 11.8. The molecule has 0 bridgehead atoms. The number of aryl methyl sites for hydroxylation is 4. The molecule has 2 aromatic heterocycles. The van der Waals surface area contributed by atoms with Crippen molar-refractivity contribution in [1.82, 2.24) is 9.99 Å². The maximum absolute atomic E-state index is 13.8. The second kappa shape index (κ2) is 8.12. The van der Waals surface area contributed by atoms with E-state index < -0.39 is 0 Å². The summed E-state index contributed by atoms with van der Waals surface area (Å²) in [5.74, 6) is -0.180. The molecule has 1 amide bonds. The molecule has 0 saturated carbocycles. The van der Waals surface area contributed by atoms with Crippen LogP contribution in [0.25, 0.3) is 10.2 Å². The van der Waals surface area contributed by atoms with E-state index in [4.69, 9.17) is 10.8 Å². The van der Waals surface area contributed by atoms with Crippen LogP contribution in [0.1, 0.15) is 55.6 Å². The molecule has 5 rings (SSSR count). The minimum absolute atomic E-state index is 0.180. The minimum atomic E-state index is -0.185. The van der Waals surface area contributed by atoms with E-state index in [0.717, 1.165) is 38.3 Å². The van der Waals surface area contributed by atoms with Gasteiger partial charge in [0.05, 0.1) is 17.4 Å². The fourth-order valence-corrected chi connectivity index (χ4v) is 5.55. The van der Waals surface area contributed by atoms with Gasteiger partial charge in [0, 0.05) is 17.5 Å². The number of nitrogens with zero attached hydrogens (tertiary/aromatic N) is 3. The fourth-order valence-electron chi connectivity index (χ4n) is 4.40. The number of carbonyl (C=O) groups is 1. The van der Waals surface area contributed by atoms with Crippen molar-refractivity contribution >= 4 is 38.9 Å². The van der Waals surface area contributed by atoms with Crippen molar-refractivity contribution in [3.63, 3.8) is 0 Å². The highest BCUT2D eigenvalue weighted by atomic mass is 32.1. The number of anilines is 1. The van der Waals surface area contributed by atoms with Crippen molar-refractivity contribution in [1.29, 1.82) is 0 Å². The van der Waals surface area contributed by atoms with Crippen molar-refractivity contribution in [3.05, 3.63) is 93.0 Å². The predicted molar refractivity (Wildman–Crippen MR) is 136 cm³/mol. The van der Waals surface area contributed by atoms with Gasteiger partial charge in [0.2, 0.25) is 0 Å². The molecule has 0 aliphatic carbocycles. The van der Waals surface area contributed by atoms with Gasteiger partial charge in [-0.3, -0.25) is 4.79 Å². The summed E-state index contributed by atoms with van der Waals surface area (Å²) >= 11 is 1.35. The molecule has 166 valence electrons. The number of fused-ring (bicyclic) bond motifs is 1. The van der Waals surface area contributed by atoms with Crippen molar-refractivity contribution in [3.8, 4) is 0 Å². The number of benzene rings is 2. The molecule has 5 nitrogen and oxygen atoms in total. The van der Waals surface area contributed by atoms with Gasteiger partial charge in [-0.05, 0) is 50.5 Å². The van der Waals surface area contributed by atoms with Crippen molar-refractivity contribution < 1.29 is 4.79 Å². The summed E-state index contributed by atoms with van der Waals surface area (Å²) in [5.41, 5.74) is 14.3. The number of rotatable bonds is 3. The van der Waals surface area contributed by atoms with Crippen LogP contribution in [-0.4, -0.2) is 21.6 Å². The highest BCUT2D eigenvalue weighted by Gasteiger charge is 2.35. The molecule has 0 unspecified atom stereocenters. The zero-order chi connectivity index (χ0) is 23.3. The highest BCUT2D eigenvalue weighted by Crippen LogP contribution is 2.40. The molecular formula is C27H26N4OS. The van der Waals surface area contributed by atoms with Crippen LogP contribution < -0.4 is 5.73 Å². The number of thiophene rings is 1. The molecule has 33 heavy (non-hydrogen) atoms. The third kappa shape index (κ3) is 3.80. The second-order valence-electron chi connectivity index (χ2n) is 8.80. The first-order valence-electron chi connectivity index (χ1n) is 11.0. The van der Waals surface area contributed by atoms with Gasteiger partial charge in [0.25, 0.3) is 5.91 Å². The monoisotopic (exact) mass is 454 g/mol. The van der Waals surface area contributed by atoms with E-state index in [9.17, 15) is 4.79 Å². The summed E-state index contributed by atoms with van der Waals surface area (Å²) in [6.45, 7) is 8.08. The van der Waals surface area contributed by atoms with E-state index in [-0.39, 0.29) is 11.9 Å². The number of nitrogen functional groups attached to an aromatic ring is 1. The molecule has 2 N–H and O–H groups in total. The van der Waals surface area contributed by atoms with Crippen LogP contribution in [-0.2, 0) is 0 Å². The van der Waals surface area contributed by atoms with E-state index >= 15 is 0 Å². The Balaban J connectivity index is 1.60. The number of hydrogen-bond acceptors (Lipinski definition) is 5. The van der Waals surface area contributed by atoms with Crippen LogP contribution >= 0.6 is 11.3 Å². The Morgan fingerprint density at radius 1 is 1.00 bits per heavy atom. The molecule has 3 heterocycles. The van der Waals surface area contributed by atoms with Crippen molar-refractivity contribution in [2.24, 2.45) is 5.10 Å². The normalized spacial score (nSPS) is 15.8. The highest BCUT2D eigenvalue weighted by molar-refractivity contribution is 7.21. The smallest absolute Gasteiger partial charge is 0.286 e. The number of hydrogen-bond donors (Lipinski definition) is 1. The van der Waals surface area contributed by atoms with E-state index in [1.807, 2.05) is 19.9 Å². The number of aromatic nitrogens is 1. The number of hydrazone groups is 1. The van der Waals surface area contributed by atoms with Crippen molar-refractivity contribution in [2.45, 2.75) is 40.2 Å². The summed E-state index contributed by atoms with van der Waals surface area (Å²) in [5, 5.41) is 7.30. The van der Waals surface area contributed by atoms with Crippen LogP contribution in [0.15, 0.2) is 59.7 Å². The second-order valence-corrected chi connectivity index (χ2v) is 9.80. The zero-order valence-corrected chi connectivity index (χ0v) is 20.0. The summed E-state index contributed by atoms with van der Waals surface area (Å²) in [6, 6.07) is 18.4. The number of carbonyl (C=O) groups excluding carboxylic acids is 1. The van der Waals surface area contributed by atoms with E-state index in [2.05, 4.69) is 67.4 Å². The van der Waals surface area contributed by atoms with Crippen LogP contribution in [0, 0.1) is 27.7 Å². The zero-order valence-electron chi connectivity index (χ0n) is 19.2. The molecule has 0 fully saturated rings. The van der Waals surface area contributed by atoms with E-state index in [1.54, 1.807) is 5.01 Å². The molecule has 4 aromatic rings. The SMILES string of the molecule is Cc1ccc(C2=NN(C(=O)c3sc4nc(C)cc(C)c4c3N)[C@H](c3ccc(C)cc3)C2)cc1. The van der Waals surface area contributed by atoms with Crippen molar-refractivity contribution in [2.75, 3.05) is 5.73 Å². The Bertz CT molecular complexity index is 1400. The molecule has 0 radical (unpaired) electrons. The third-order valence-corrected chi connectivity index (χ3v) is 7.27. The Morgan fingerprint density at radius 2 is 1.64 bits per heavy atom. The summed E-state index contributed by atoms with van der Waals surface area (Å²) in [4.78, 5) is 19.7. The summed E-state index contributed by atoms with van der Waals surface area (Å²) < 4.78 is 0. The van der Waals surface area contributed by atoms with E-state index in [0.29, 0.717) is 17.0 Å². The topological polar surface area (TPSA) is 71.6 Å². The fraction of sp³-hybridized carbons (Fsp3) is 0.222. The lowest BCUT2D eigenvalue weighted by Gasteiger charge is -2.22. The molecule has 1 aliphatic rings. The molecule has 2 aromatic carbocycles. The number of nitrogens with two attached hydrogens (primary N) is 1. The maximum atomic E-state index is 13.8. The quantitative estimate of drug-likeness (QED) is 0.406. The van der Waals surface area contributed by atoms with Gasteiger partial charge in [-0.15, -0.1) is 11.3 Å². The molecule has 1 aliphatic heterocycles. The average Bonchev–Trinajstić information content (AvgIpc) is 3.36. The Hall–Kier alpha value is -3.51. The van der Waals surface area contributed by atoms with Gasteiger partial charge in [0.15, 0.2) is 0 Å². The van der Waals surface area contributed by atoms with Crippen LogP contribution in [0.3, 0.4) is 0 Å². The number of amides is 1. The molecule has 1 atom stereocenters. The van der Waals surface area contributed by atoms with Crippen LogP contribution in [0.4, 0.5) is 5.69 Å². The minimum Gasteiger partial charge on any atom is -0.397 e. The summed E-state index contributed by atoms with van der Waals surface area (Å²) in [7, 11) is 0. The van der Waals surface area contributed by atoms with Gasteiger partial charge in [-0.25, -0.2) is 9.99 Å².